The van der Waals surface area contributed by atoms with Crippen molar-refractivity contribution in [1.82, 2.24) is 9.97 Å². The van der Waals surface area contributed by atoms with Gasteiger partial charge in [-0.15, -0.1) is 0 Å². The Labute approximate surface area is 138 Å². The van der Waals surface area contributed by atoms with Crippen LogP contribution in [0.25, 0.3) is 0 Å². The third kappa shape index (κ3) is 4.19. The Bertz CT molecular complexity index is 731. The number of ether oxygens (including phenoxy) is 2. The lowest BCUT2D eigenvalue weighted by Gasteiger charge is -2.11. The highest BCUT2D eigenvalue weighted by molar-refractivity contribution is 5.90. The molecule has 8 heteroatoms. The maximum atomic E-state index is 11.5. The number of anilines is 1. The lowest BCUT2D eigenvalue weighted by Crippen LogP contribution is -2.09. The molecule has 0 saturated carbocycles. The van der Waals surface area contributed by atoms with Crippen LogP contribution in [0.15, 0.2) is 30.6 Å². The molecule has 0 saturated heterocycles. The molecule has 0 bridgehead atoms. The fourth-order valence-corrected chi connectivity index (χ4v) is 2.05. The number of rotatable bonds is 7. The van der Waals surface area contributed by atoms with Gasteiger partial charge in [-0.1, -0.05) is 6.07 Å². The first-order valence-corrected chi connectivity index (χ1v) is 7.09. The molecule has 1 aromatic heterocycles. The average Bonchev–Trinajstić information content (AvgIpc) is 2.61. The van der Waals surface area contributed by atoms with E-state index < -0.39 is 11.9 Å². The third-order valence-electron chi connectivity index (χ3n) is 3.28. The van der Waals surface area contributed by atoms with Gasteiger partial charge in [0, 0.05) is 6.54 Å². The van der Waals surface area contributed by atoms with E-state index in [0.29, 0.717) is 30.1 Å². The van der Waals surface area contributed by atoms with Crippen LogP contribution in [0.5, 0.6) is 5.75 Å². The number of hydrogen-bond acceptors (Lipinski definition) is 7. The summed E-state index contributed by atoms with van der Waals surface area (Å²) < 4.78 is 9.97. The average molecular weight is 331 g/mol. The van der Waals surface area contributed by atoms with Gasteiger partial charge in [0.15, 0.2) is 5.69 Å². The van der Waals surface area contributed by atoms with Crippen LogP contribution in [0.2, 0.25) is 0 Å². The molecule has 2 aromatic rings. The highest BCUT2D eigenvalue weighted by Gasteiger charge is 2.10. The summed E-state index contributed by atoms with van der Waals surface area (Å²) in [5.74, 6) is -0.478. The molecule has 0 radical (unpaired) electrons. The van der Waals surface area contributed by atoms with Gasteiger partial charge in [-0.3, -0.25) is 0 Å². The quantitative estimate of drug-likeness (QED) is 0.736. The van der Waals surface area contributed by atoms with Gasteiger partial charge < -0.3 is 19.9 Å². The van der Waals surface area contributed by atoms with Gasteiger partial charge in [0.25, 0.3) is 0 Å². The molecule has 1 heterocycles. The fraction of sp³-hybridized carbons (Fsp3) is 0.250. The summed E-state index contributed by atoms with van der Waals surface area (Å²) in [4.78, 5) is 30.0. The Hall–Kier alpha value is -3.16. The number of hydrogen-bond donors (Lipinski definition) is 2. The Morgan fingerprint density at radius 1 is 1.21 bits per heavy atom. The van der Waals surface area contributed by atoms with Gasteiger partial charge in [0.1, 0.15) is 11.6 Å². The zero-order chi connectivity index (χ0) is 17.5. The molecule has 0 amide bonds. The first kappa shape index (κ1) is 17.2. The van der Waals surface area contributed by atoms with E-state index in [-0.39, 0.29) is 5.69 Å². The van der Waals surface area contributed by atoms with E-state index in [1.54, 1.807) is 18.2 Å². The summed E-state index contributed by atoms with van der Waals surface area (Å²) in [7, 11) is 2.85. The molecule has 0 spiro atoms. The second kappa shape index (κ2) is 7.91. The summed E-state index contributed by atoms with van der Waals surface area (Å²) in [6.07, 6.45) is 3.17. The van der Waals surface area contributed by atoms with Gasteiger partial charge >= 0.3 is 11.9 Å². The van der Waals surface area contributed by atoms with Crippen molar-refractivity contribution in [2.75, 3.05) is 26.1 Å². The summed E-state index contributed by atoms with van der Waals surface area (Å²) >= 11 is 0. The van der Waals surface area contributed by atoms with Crippen molar-refractivity contribution in [3.05, 3.63) is 47.4 Å². The Balaban J connectivity index is 1.98. The number of methoxy groups -OCH3 is 2. The predicted octanol–water partition coefficient (Wildman–Crippen LogP) is 1.62. The molecule has 126 valence electrons. The van der Waals surface area contributed by atoms with Crippen LogP contribution in [0.4, 0.5) is 5.82 Å². The van der Waals surface area contributed by atoms with Crippen LogP contribution in [0, 0.1) is 0 Å². The van der Waals surface area contributed by atoms with Crippen LogP contribution in [0.1, 0.15) is 26.4 Å². The molecule has 0 aliphatic rings. The summed E-state index contributed by atoms with van der Waals surface area (Å²) in [6, 6.07) is 5.10. The topological polar surface area (TPSA) is 111 Å². The minimum absolute atomic E-state index is 0.111. The number of carboxylic acid groups (broad SMARTS) is 1. The summed E-state index contributed by atoms with van der Waals surface area (Å²) in [6.45, 7) is 0.537. The first-order chi connectivity index (χ1) is 11.5. The summed E-state index contributed by atoms with van der Waals surface area (Å²) in [5, 5.41) is 11.8. The molecular weight excluding hydrogens is 314 g/mol. The van der Waals surface area contributed by atoms with E-state index in [2.05, 4.69) is 20.0 Å². The van der Waals surface area contributed by atoms with E-state index in [9.17, 15) is 9.59 Å². The Morgan fingerprint density at radius 3 is 2.58 bits per heavy atom. The van der Waals surface area contributed by atoms with Crippen molar-refractivity contribution >= 4 is 17.8 Å². The number of carbonyl (C=O) groups is 2. The number of carbonyl (C=O) groups excluding carboxylic acids is 1. The van der Waals surface area contributed by atoms with Gasteiger partial charge in [-0.25, -0.2) is 19.6 Å². The van der Waals surface area contributed by atoms with Gasteiger partial charge in [0.2, 0.25) is 0 Å². The van der Waals surface area contributed by atoms with Crippen LogP contribution < -0.4 is 10.1 Å². The number of aromatic nitrogens is 2. The van der Waals surface area contributed by atoms with Crippen molar-refractivity contribution in [3.8, 4) is 5.75 Å². The number of nitrogens with one attached hydrogen (secondary N) is 1. The molecule has 1 aromatic carbocycles. The molecule has 24 heavy (non-hydrogen) atoms. The van der Waals surface area contributed by atoms with Crippen LogP contribution in [0.3, 0.4) is 0 Å². The number of esters is 1. The SMILES string of the molecule is COC(=O)c1ccc(CCNc2cnc(C(=O)O)cn2)c(OC)c1. The smallest absolute Gasteiger partial charge is 0.356 e. The van der Waals surface area contributed by atoms with E-state index >= 15 is 0 Å². The molecule has 0 aliphatic heterocycles. The van der Waals surface area contributed by atoms with E-state index in [4.69, 9.17) is 9.84 Å². The zero-order valence-electron chi connectivity index (χ0n) is 13.3. The highest BCUT2D eigenvalue weighted by atomic mass is 16.5. The molecule has 0 atom stereocenters. The minimum Gasteiger partial charge on any atom is -0.496 e. The third-order valence-corrected chi connectivity index (χ3v) is 3.28. The molecular formula is C16H17N3O5. The normalized spacial score (nSPS) is 10.1. The monoisotopic (exact) mass is 331 g/mol. The number of aromatic carboxylic acids is 1. The lowest BCUT2D eigenvalue weighted by molar-refractivity contribution is 0.0599. The number of carboxylic acids is 1. The standard InChI is InChI=1S/C16H17N3O5/c1-23-13-7-11(16(22)24-2)4-3-10(13)5-6-17-14-9-18-12(8-19-14)15(20)21/h3-4,7-9H,5-6H2,1-2H3,(H,17,19)(H,20,21). The van der Waals surface area contributed by atoms with Crippen molar-refractivity contribution in [2.45, 2.75) is 6.42 Å². The first-order valence-electron chi connectivity index (χ1n) is 7.09. The molecule has 2 N–H and O–H groups in total. The predicted molar refractivity (Wildman–Crippen MR) is 85.5 cm³/mol. The molecule has 8 nitrogen and oxygen atoms in total. The highest BCUT2D eigenvalue weighted by Crippen LogP contribution is 2.21. The van der Waals surface area contributed by atoms with Crippen molar-refractivity contribution in [3.63, 3.8) is 0 Å². The molecule has 0 unspecified atom stereocenters. The number of nitrogens with zero attached hydrogens (tertiary/aromatic N) is 2. The van der Waals surface area contributed by atoms with Gasteiger partial charge in [-0.2, -0.15) is 0 Å². The van der Waals surface area contributed by atoms with E-state index in [1.165, 1.54) is 26.6 Å². The number of benzene rings is 1. The Morgan fingerprint density at radius 2 is 2.00 bits per heavy atom. The van der Waals surface area contributed by atoms with Crippen molar-refractivity contribution in [2.24, 2.45) is 0 Å². The van der Waals surface area contributed by atoms with E-state index in [0.717, 1.165) is 5.56 Å². The largest absolute Gasteiger partial charge is 0.496 e. The maximum Gasteiger partial charge on any atom is 0.356 e. The second-order valence-electron chi connectivity index (χ2n) is 4.79. The molecule has 2 rings (SSSR count). The second-order valence-corrected chi connectivity index (χ2v) is 4.79. The van der Waals surface area contributed by atoms with E-state index in [1.807, 2.05) is 0 Å². The van der Waals surface area contributed by atoms with Crippen molar-refractivity contribution in [1.29, 1.82) is 0 Å². The maximum absolute atomic E-state index is 11.5. The lowest BCUT2D eigenvalue weighted by atomic mass is 10.1. The molecule has 0 fully saturated rings. The zero-order valence-corrected chi connectivity index (χ0v) is 13.3. The molecule has 0 aliphatic carbocycles. The minimum atomic E-state index is -1.12. The van der Waals surface area contributed by atoms with Crippen LogP contribution in [-0.2, 0) is 11.2 Å². The Kier molecular flexibility index (Phi) is 5.67. The summed E-state index contributed by atoms with van der Waals surface area (Å²) in [5.41, 5.74) is 1.22. The van der Waals surface area contributed by atoms with Crippen LogP contribution in [-0.4, -0.2) is 47.8 Å². The van der Waals surface area contributed by atoms with Gasteiger partial charge in [0.05, 0.1) is 32.2 Å². The van der Waals surface area contributed by atoms with Crippen molar-refractivity contribution < 1.29 is 24.2 Å². The van der Waals surface area contributed by atoms with Gasteiger partial charge in [-0.05, 0) is 24.1 Å². The van der Waals surface area contributed by atoms with Crippen LogP contribution >= 0.6 is 0 Å². The fourth-order valence-electron chi connectivity index (χ4n) is 2.05.